The molecule has 0 saturated heterocycles. The summed E-state index contributed by atoms with van der Waals surface area (Å²) >= 11 is 1.11. The van der Waals surface area contributed by atoms with Crippen molar-refractivity contribution in [3.05, 3.63) is 34.5 Å². The Morgan fingerprint density at radius 3 is 2.86 bits per heavy atom. The molecular weight excluding hydrogens is 199 g/mol. The molecule has 0 spiro atoms. The van der Waals surface area contributed by atoms with E-state index in [1.165, 1.54) is 6.07 Å². The molecular formula is C11H11FOS. The molecule has 14 heavy (non-hydrogen) atoms. The first kappa shape index (κ1) is 9.62. The van der Waals surface area contributed by atoms with Gasteiger partial charge in [-0.15, -0.1) is 11.3 Å². The molecule has 0 atom stereocenters. The van der Waals surface area contributed by atoms with Crippen LogP contribution in [-0.2, 0) is 13.0 Å². The molecule has 1 N–H and O–H groups in total. The van der Waals surface area contributed by atoms with E-state index in [2.05, 4.69) is 0 Å². The van der Waals surface area contributed by atoms with Gasteiger partial charge in [-0.05, 0) is 29.0 Å². The van der Waals surface area contributed by atoms with Crippen LogP contribution in [0.5, 0.6) is 0 Å². The molecule has 2 aromatic rings. The molecule has 0 aliphatic carbocycles. The third-order valence-electron chi connectivity index (χ3n) is 2.40. The number of aryl methyl sites for hydroxylation is 1. The van der Waals surface area contributed by atoms with E-state index in [1.807, 2.05) is 19.1 Å². The molecule has 0 radical (unpaired) electrons. The number of aliphatic hydroxyl groups excluding tert-OH is 1. The fourth-order valence-corrected chi connectivity index (χ4v) is 2.62. The number of benzene rings is 1. The molecule has 2 rings (SSSR count). The molecule has 74 valence electrons. The summed E-state index contributed by atoms with van der Waals surface area (Å²) in [5.74, 6) is 0. The average Bonchev–Trinajstić information content (AvgIpc) is 2.56. The second-order valence-corrected chi connectivity index (χ2v) is 4.19. The summed E-state index contributed by atoms with van der Waals surface area (Å²) in [5, 5.41) is 9.93. The van der Waals surface area contributed by atoms with Crippen LogP contribution in [0.25, 0.3) is 10.1 Å². The number of hydrogen-bond donors (Lipinski definition) is 1. The van der Waals surface area contributed by atoms with E-state index in [4.69, 9.17) is 0 Å². The molecule has 0 aliphatic heterocycles. The van der Waals surface area contributed by atoms with E-state index < -0.39 is 0 Å². The molecule has 1 nitrogen and oxygen atoms in total. The quantitative estimate of drug-likeness (QED) is 0.807. The van der Waals surface area contributed by atoms with Crippen molar-refractivity contribution in [3.8, 4) is 0 Å². The fraction of sp³-hybridized carbons (Fsp3) is 0.273. The van der Waals surface area contributed by atoms with Gasteiger partial charge in [-0.2, -0.15) is 4.39 Å². The second-order valence-electron chi connectivity index (χ2n) is 3.18. The van der Waals surface area contributed by atoms with Crippen LogP contribution in [0.4, 0.5) is 4.39 Å². The minimum absolute atomic E-state index is 0.0134. The topological polar surface area (TPSA) is 20.2 Å². The molecule has 3 heteroatoms. The number of aliphatic hydroxyl groups is 1. The number of thiophene rings is 1. The summed E-state index contributed by atoms with van der Waals surface area (Å²) in [6, 6.07) is 5.38. The van der Waals surface area contributed by atoms with E-state index >= 15 is 0 Å². The Balaban J connectivity index is 2.75. The zero-order valence-corrected chi connectivity index (χ0v) is 8.70. The Bertz CT molecular complexity index is 462. The fourth-order valence-electron chi connectivity index (χ4n) is 1.67. The van der Waals surface area contributed by atoms with Crippen molar-refractivity contribution in [1.82, 2.24) is 0 Å². The lowest BCUT2D eigenvalue weighted by atomic mass is 10.0. The van der Waals surface area contributed by atoms with Gasteiger partial charge in [0.15, 0.2) is 5.13 Å². The maximum Gasteiger partial charge on any atom is 0.177 e. The first-order valence-electron chi connectivity index (χ1n) is 4.57. The van der Waals surface area contributed by atoms with Gasteiger partial charge in [-0.1, -0.05) is 19.1 Å². The number of halogens is 1. The van der Waals surface area contributed by atoms with Gasteiger partial charge in [-0.25, -0.2) is 0 Å². The predicted octanol–water partition coefficient (Wildman–Crippen LogP) is 3.10. The summed E-state index contributed by atoms with van der Waals surface area (Å²) in [7, 11) is 0. The zero-order chi connectivity index (χ0) is 10.1. The first-order chi connectivity index (χ1) is 6.76. The van der Waals surface area contributed by atoms with Crippen LogP contribution in [-0.4, -0.2) is 5.11 Å². The lowest BCUT2D eigenvalue weighted by Crippen LogP contribution is -1.91. The van der Waals surface area contributed by atoms with Crippen LogP contribution >= 0.6 is 11.3 Å². The standard InChI is InChI=1S/C11H11FOS/c1-2-7-3-4-8-5-10(12)14-11(8)9(7)6-13/h3-5,13H,2,6H2,1H3. The Kier molecular flexibility index (Phi) is 2.52. The zero-order valence-electron chi connectivity index (χ0n) is 7.88. The van der Waals surface area contributed by atoms with Gasteiger partial charge in [-0.3, -0.25) is 0 Å². The third-order valence-corrected chi connectivity index (χ3v) is 3.39. The normalized spacial score (nSPS) is 11.1. The van der Waals surface area contributed by atoms with Gasteiger partial charge in [0, 0.05) is 4.70 Å². The largest absolute Gasteiger partial charge is 0.392 e. The van der Waals surface area contributed by atoms with Crippen molar-refractivity contribution in [3.63, 3.8) is 0 Å². The highest BCUT2D eigenvalue weighted by atomic mass is 32.1. The molecule has 0 unspecified atom stereocenters. The maximum atomic E-state index is 13.0. The van der Waals surface area contributed by atoms with Crippen LogP contribution in [0.2, 0.25) is 0 Å². The number of rotatable bonds is 2. The van der Waals surface area contributed by atoms with E-state index in [-0.39, 0.29) is 11.7 Å². The van der Waals surface area contributed by atoms with Gasteiger partial charge >= 0.3 is 0 Å². The van der Waals surface area contributed by atoms with Gasteiger partial charge in [0.05, 0.1) is 6.61 Å². The molecule has 1 aromatic heterocycles. The lowest BCUT2D eigenvalue weighted by molar-refractivity contribution is 0.282. The predicted molar refractivity (Wildman–Crippen MR) is 57.1 cm³/mol. The van der Waals surface area contributed by atoms with Gasteiger partial charge in [0.1, 0.15) is 0 Å². The van der Waals surface area contributed by atoms with Crippen LogP contribution in [0, 0.1) is 5.13 Å². The van der Waals surface area contributed by atoms with Crippen molar-refractivity contribution >= 4 is 21.4 Å². The van der Waals surface area contributed by atoms with Crippen molar-refractivity contribution in [2.75, 3.05) is 0 Å². The summed E-state index contributed by atoms with van der Waals surface area (Å²) in [6.07, 6.45) is 0.866. The van der Waals surface area contributed by atoms with Crippen LogP contribution < -0.4 is 0 Å². The van der Waals surface area contributed by atoms with Gasteiger partial charge in [0.25, 0.3) is 0 Å². The summed E-state index contributed by atoms with van der Waals surface area (Å²) in [4.78, 5) is 0. The number of hydrogen-bond acceptors (Lipinski definition) is 2. The highest BCUT2D eigenvalue weighted by Crippen LogP contribution is 2.30. The van der Waals surface area contributed by atoms with E-state index in [0.29, 0.717) is 0 Å². The molecule has 1 aromatic carbocycles. The van der Waals surface area contributed by atoms with Crippen LogP contribution in [0.1, 0.15) is 18.1 Å². The highest BCUT2D eigenvalue weighted by molar-refractivity contribution is 7.17. The van der Waals surface area contributed by atoms with Crippen molar-refractivity contribution in [2.45, 2.75) is 20.0 Å². The smallest absolute Gasteiger partial charge is 0.177 e. The Labute approximate surface area is 85.8 Å². The third kappa shape index (κ3) is 1.42. The Morgan fingerprint density at radius 1 is 1.43 bits per heavy atom. The van der Waals surface area contributed by atoms with Gasteiger partial charge in [0.2, 0.25) is 0 Å². The molecule has 0 fully saturated rings. The Hall–Kier alpha value is -0.930. The SMILES string of the molecule is CCc1ccc2cc(F)sc2c1CO. The summed E-state index contributed by atoms with van der Waals surface area (Å²) in [6.45, 7) is 2.02. The maximum absolute atomic E-state index is 13.0. The first-order valence-corrected chi connectivity index (χ1v) is 5.38. The highest BCUT2D eigenvalue weighted by Gasteiger charge is 2.09. The van der Waals surface area contributed by atoms with E-state index in [9.17, 15) is 9.50 Å². The van der Waals surface area contributed by atoms with Crippen molar-refractivity contribution in [1.29, 1.82) is 0 Å². The van der Waals surface area contributed by atoms with Crippen LogP contribution in [0.15, 0.2) is 18.2 Å². The molecule has 1 heterocycles. The van der Waals surface area contributed by atoms with Crippen LogP contribution in [0.3, 0.4) is 0 Å². The second kappa shape index (κ2) is 3.67. The molecule has 0 aliphatic rings. The Morgan fingerprint density at radius 2 is 2.21 bits per heavy atom. The monoisotopic (exact) mass is 210 g/mol. The van der Waals surface area contributed by atoms with Crippen molar-refractivity contribution in [2.24, 2.45) is 0 Å². The lowest BCUT2D eigenvalue weighted by Gasteiger charge is -2.05. The van der Waals surface area contributed by atoms with Gasteiger partial charge < -0.3 is 5.11 Å². The minimum atomic E-state index is -0.192. The summed E-state index contributed by atoms with van der Waals surface area (Å²) in [5.41, 5.74) is 1.97. The minimum Gasteiger partial charge on any atom is -0.392 e. The molecule has 0 saturated carbocycles. The van der Waals surface area contributed by atoms with E-state index in [1.54, 1.807) is 0 Å². The average molecular weight is 210 g/mol. The van der Waals surface area contributed by atoms with E-state index in [0.717, 1.165) is 39.0 Å². The molecule has 0 bridgehead atoms. The van der Waals surface area contributed by atoms with Crippen molar-refractivity contribution < 1.29 is 9.50 Å². The molecule has 0 amide bonds. The summed E-state index contributed by atoms with van der Waals surface area (Å²) < 4.78 is 13.9. The number of fused-ring (bicyclic) bond motifs is 1.